The third-order valence-electron chi connectivity index (χ3n) is 6.62. The van der Waals surface area contributed by atoms with Crippen LogP contribution in [-0.2, 0) is 17.7 Å². The molecule has 0 saturated carbocycles. The summed E-state index contributed by atoms with van der Waals surface area (Å²) in [6.07, 6.45) is 4.79. The fraction of sp³-hybridized carbons (Fsp3) is 0.423. The van der Waals surface area contributed by atoms with Gasteiger partial charge in [-0.15, -0.1) is 0 Å². The van der Waals surface area contributed by atoms with Crippen LogP contribution in [0.1, 0.15) is 53.9 Å². The first-order valence-corrected chi connectivity index (χ1v) is 11.5. The van der Waals surface area contributed by atoms with Crippen LogP contribution in [0.5, 0.6) is 0 Å². The summed E-state index contributed by atoms with van der Waals surface area (Å²) >= 11 is 0. The van der Waals surface area contributed by atoms with Gasteiger partial charge in [0.05, 0.1) is 17.8 Å². The Morgan fingerprint density at radius 2 is 2.00 bits per heavy atom. The zero-order valence-corrected chi connectivity index (χ0v) is 19.2. The number of rotatable bonds is 6. The van der Waals surface area contributed by atoms with Gasteiger partial charge in [0.1, 0.15) is 5.82 Å². The summed E-state index contributed by atoms with van der Waals surface area (Å²) in [4.78, 5) is 24.8. The van der Waals surface area contributed by atoms with Crippen molar-refractivity contribution in [3.63, 3.8) is 0 Å². The van der Waals surface area contributed by atoms with Crippen molar-refractivity contribution in [2.75, 3.05) is 18.9 Å². The second-order valence-corrected chi connectivity index (χ2v) is 8.73. The van der Waals surface area contributed by atoms with Crippen molar-refractivity contribution in [3.8, 4) is 0 Å². The Morgan fingerprint density at radius 1 is 1.22 bits per heavy atom. The van der Waals surface area contributed by atoms with Crippen LogP contribution in [0, 0.1) is 12.8 Å². The highest BCUT2D eigenvalue weighted by atomic mass is 16.5. The van der Waals surface area contributed by atoms with Crippen molar-refractivity contribution in [3.05, 3.63) is 65.0 Å². The molecule has 1 aliphatic rings. The van der Waals surface area contributed by atoms with Crippen LogP contribution in [0.2, 0.25) is 0 Å². The van der Waals surface area contributed by atoms with Crippen molar-refractivity contribution < 1.29 is 9.53 Å². The molecule has 3 aromatic rings. The monoisotopic (exact) mass is 432 g/mol. The van der Waals surface area contributed by atoms with E-state index in [4.69, 9.17) is 10.5 Å². The summed E-state index contributed by atoms with van der Waals surface area (Å²) < 4.78 is 5.55. The lowest BCUT2D eigenvalue weighted by Gasteiger charge is -2.36. The predicted octanol–water partition coefficient (Wildman–Crippen LogP) is 4.54. The third kappa shape index (κ3) is 4.75. The van der Waals surface area contributed by atoms with Gasteiger partial charge in [0.15, 0.2) is 0 Å². The number of anilines is 1. The minimum Gasteiger partial charge on any atom is -0.383 e. The van der Waals surface area contributed by atoms with Crippen molar-refractivity contribution in [2.45, 2.75) is 52.6 Å². The van der Waals surface area contributed by atoms with E-state index >= 15 is 0 Å². The molecule has 6 heteroatoms. The summed E-state index contributed by atoms with van der Waals surface area (Å²) in [6, 6.07) is 11.9. The predicted molar refractivity (Wildman–Crippen MR) is 127 cm³/mol. The number of amides is 1. The average molecular weight is 433 g/mol. The topological polar surface area (TPSA) is 81.3 Å². The molecule has 2 aromatic heterocycles. The Hall–Kier alpha value is -2.99. The number of fused-ring (bicyclic) bond motifs is 1. The Labute approximate surface area is 189 Å². The van der Waals surface area contributed by atoms with Gasteiger partial charge in [-0.1, -0.05) is 13.0 Å². The van der Waals surface area contributed by atoms with E-state index in [0.29, 0.717) is 23.8 Å². The SMILES string of the molecule is CCc1ccc(CN(C(=O)c2ccc3nc(N)c(C)cc3c2)C(C)C2CCOCC2)nc1. The van der Waals surface area contributed by atoms with Crippen LogP contribution in [0.3, 0.4) is 0 Å². The number of carbonyl (C=O) groups is 1. The molecule has 168 valence electrons. The molecule has 0 radical (unpaired) electrons. The molecule has 3 heterocycles. The minimum atomic E-state index is 0.0155. The maximum absolute atomic E-state index is 13.8. The Morgan fingerprint density at radius 3 is 2.69 bits per heavy atom. The summed E-state index contributed by atoms with van der Waals surface area (Å²) in [6.45, 7) is 8.19. The van der Waals surface area contributed by atoms with Gasteiger partial charge in [-0.3, -0.25) is 9.78 Å². The fourth-order valence-electron chi connectivity index (χ4n) is 4.38. The molecule has 1 aromatic carbocycles. The first-order chi connectivity index (χ1) is 15.5. The number of aryl methyl sites for hydroxylation is 2. The zero-order chi connectivity index (χ0) is 22.7. The summed E-state index contributed by atoms with van der Waals surface area (Å²) in [5, 5.41) is 0.923. The van der Waals surface area contributed by atoms with E-state index in [0.717, 1.165) is 54.6 Å². The standard InChI is InChI=1S/C26H32N4O2/c1-4-19-5-7-23(28-15-19)16-30(18(3)20-9-11-32-12-10-20)26(31)21-6-8-24-22(14-21)13-17(2)25(27)29-24/h5-8,13-15,18,20H,4,9-12,16H2,1-3H3,(H2,27,29). The fourth-order valence-corrected chi connectivity index (χ4v) is 4.38. The molecular formula is C26H32N4O2. The number of nitrogen functional groups attached to an aromatic ring is 1. The van der Waals surface area contributed by atoms with Gasteiger partial charge >= 0.3 is 0 Å². The highest BCUT2D eigenvalue weighted by Gasteiger charge is 2.30. The van der Waals surface area contributed by atoms with Crippen molar-refractivity contribution in [1.82, 2.24) is 14.9 Å². The molecule has 0 bridgehead atoms. The number of nitrogens with zero attached hydrogens (tertiary/aromatic N) is 3. The molecule has 1 fully saturated rings. The van der Waals surface area contributed by atoms with Crippen LogP contribution >= 0.6 is 0 Å². The quantitative estimate of drug-likeness (QED) is 0.618. The first kappa shape index (κ1) is 22.2. The number of hydrogen-bond acceptors (Lipinski definition) is 5. The van der Waals surface area contributed by atoms with Crippen molar-refractivity contribution >= 4 is 22.6 Å². The Bertz CT molecular complexity index is 1090. The van der Waals surface area contributed by atoms with Gasteiger partial charge in [0, 0.05) is 36.4 Å². The number of pyridine rings is 2. The second kappa shape index (κ2) is 9.65. The minimum absolute atomic E-state index is 0.0155. The zero-order valence-electron chi connectivity index (χ0n) is 19.2. The smallest absolute Gasteiger partial charge is 0.254 e. The van der Waals surface area contributed by atoms with E-state index in [1.807, 2.05) is 48.4 Å². The van der Waals surface area contributed by atoms with E-state index in [1.165, 1.54) is 5.56 Å². The van der Waals surface area contributed by atoms with Crippen LogP contribution in [0.4, 0.5) is 5.82 Å². The van der Waals surface area contributed by atoms with Crippen LogP contribution < -0.4 is 5.73 Å². The lowest BCUT2D eigenvalue weighted by Crippen LogP contribution is -2.44. The normalized spacial score (nSPS) is 15.6. The molecule has 1 unspecified atom stereocenters. The van der Waals surface area contributed by atoms with E-state index < -0.39 is 0 Å². The first-order valence-electron chi connectivity index (χ1n) is 11.5. The highest BCUT2D eigenvalue weighted by molar-refractivity contribution is 5.98. The molecule has 6 nitrogen and oxygen atoms in total. The maximum atomic E-state index is 13.8. The number of ether oxygens (including phenoxy) is 1. The van der Waals surface area contributed by atoms with E-state index in [1.54, 1.807) is 0 Å². The molecule has 1 atom stereocenters. The Kier molecular flexibility index (Phi) is 6.70. The number of nitrogens with two attached hydrogens (primary N) is 1. The molecule has 0 spiro atoms. The van der Waals surface area contributed by atoms with E-state index in [-0.39, 0.29) is 11.9 Å². The van der Waals surface area contributed by atoms with Crippen LogP contribution in [0.15, 0.2) is 42.6 Å². The molecule has 1 amide bonds. The summed E-state index contributed by atoms with van der Waals surface area (Å²) in [7, 11) is 0. The van der Waals surface area contributed by atoms with Crippen LogP contribution in [-0.4, -0.2) is 40.0 Å². The van der Waals surface area contributed by atoms with Gasteiger partial charge in [-0.2, -0.15) is 0 Å². The second-order valence-electron chi connectivity index (χ2n) is 8.73. The van der Waals surface area contributed by atoms with E-state index in [9.17, 15) is 4.79 Å². The van der Waals surface area contributed by atoms with Crippen LogP contribution in [0.25, 0.3) is 10.9 Å². The molecular weight excluding hydrogens is 400 g/mol. The van der Waals surface area contributed by atoms with Gasteiger partial charge in [0.25, 0.3) is 5.91 Å². The highest BCUT2D eigenvalue weighted by Crippen LogP contribution is 2.27. The molecule has 2 N–H and O–H groups in total. The number of benzene rings is 1. The molecule has 4 rings (SSSR count). The van der Waals surface area contributed by atoms with Gasteiger partial charge in [0.2, 0.25) is 0 Å². The molecule has 1 saturated heterocycles. The number of hydrogen-bond donors (Lipinski definition) is 1. The largest absolute Gasteiger partial charge is 0.383 e. The maximum Gasteiger partial charge on any atom is 0.254 e. The molecule has 32 heavy (non-hydrogen) atoms. The van der Waals surface area contributed by atoms with Crippen molar-refractivity contribution in [2.24, 2.45) is 5.92 Å². The Balaban J connectivity index is 1.66. The van der Waals surface area contributed by atoms with Gasteiger partial charge < -0.3 is 15.4 Å². The molecule has 0 aliphatic carbocycles. The lowest BCUT2D eigenvalue weighted by molar-refractivity contribution is 0.0248. The average Bonchev–Trinajstić information content (AvgIpc) is 2.83. The number of aromatic nitrogens is 2. The van der Waals surface area contributed by atoms with E-state index in [2.05, 4.69) is 29.9 Å². The lowest BCUT2D eigenvalue weighted by atomic mass is 9.91. The van der Waals surface area contributed by atoms with Gasteiger partial charge in [-0.25, -0.2) is 4.98 Å². The summed E-state index contributed by atoms with van der Waals surface area (Å²) in [5.41, 5.74) is 10.4. The number of carbonyl (C=O) groups excluding carboxylic acids is 1. The van der Waals surface area contributed by atoms with Gasteiger partial charge in [-0.05, 0) is 80.5 Å². The summed E-state index contributed by atoms with van der Waals surface area (Å²) in [5.74, 6) is 0.946. The third-order valence-corrected chi connectivity index (χ3v) is 6.62. The molecule has 1 aliphatic heterocycles. The van der Waals surface area contributed by atoms with Crippen molar-refractivity contribution in [1.29, 1.82) is 0 Å².